The molecule has 0 aliphatic heterocycles. The molecule has 1 aromatic heterocycles. The Kier molecular flexibility index (Phi) is 4.10. The van der Waals surface area contributed by atoms with E-state index in [4.69, 9.17) is 0 Å². The molecule has 1 aromatic carbocycles. The Bertz CT molecular complexity index is 520. The van der Waals surface area contributed by atoms with E-state index in [9.17, 15) is 4.79 Å². The third-order valence-electron chi connectivity index (χ3n) is 2.59. The fraction of sp³-hybridized carbons (Fsp3) is 0.143. The van der Waals surface area contributed by atoms with Crippen molar-refractivity contribution in [3.63, 3.8) is 0 Å². The minimum Gasteiger partial charge on any atom is -0.324 e. The van der Waals surface area contributed by atoms with Crippen LogP contribution in [0.2, 0.25) is 0 Å². The molecule has 0 radical (unpaired) electrons. The van der Waals surface area contributed by atoms with Gasteiger partial charge in [-0.25, -0.2) is 0 Å². The molecule has 2 rings (SSSR count). The third-order valence-corrected chi connectivity index (χ3v) is 3.36. The van der Waals surface area contributed by atoms with Crippen LogP contribution >= 0.6 is 15.9 Å². The zero-order chi connectivity index (χ0) is 13.0. The van der Waals surface area contributed by atoms with Gasteiger partial charge in [-0.15, -0.1) is 0 Å². The molecule has 1 N–H and O–H groups in total. The lowest BCUT2D eigenvalue weighted by Crippen LogP contribution is -2.15. The maximum atomic E-state index is 11.9. The molecule has 0 spiro atoms. The van der Waals surface area contributed by atoms with Gasteiger partial charge in [-0.2, -0.15) is 0 Å². The Morgan fingerprint density at radius 1 is 1.28 bits per heavy atom. The first-order valence-electron chi connectivity index (χ1n) is 5.61. The Morgan fingerprint density at radius 2 is 2.06 bits per heavy atom. The molecule has 3 nitrogen and oxygen atoms in total. The lowest BCUT2D eigenvalue weighted by atomic mass is 10.1. The number of aryl methyl sites for hydroxylation is 1. The van der Waals surface area contributed by atoms with Gasteiger partial charge < -0.3 is 5.32 Å². The fourth-order valence-electron chi connectivity index (χ4n) is 1.63. The zero-order valence-corrected chi connectivity index (χ0v) is 11.6. The maximum absolute atomic E-state index is 11.9. The Hall–Kier alpha value is -1.68. The van der Waals surface area contributed by atoms with Crippen LogP contribution in [-0.4, -0.2) is 10.9 Å². The van der Waals surface area contributed by atoms with Gasteiger partial charge in [0.05, 0.1) is 17.8 Å². The van der Waals surface area contributed by atoms with Crippen LogP contribution in [0.4, 0.5) is 5.69 Å². The van der Waals surface area contributed by atoms with Crippen molar-refractivity contribution < 1.29 is 4.79 Å². The van der Waals surface area contributed by atoms with Gasteiger partial charge in [-0.1, -0.05) is 34.1 Å². The van der Waals surface area contributed by atoms with Crippen LogP contribution in [0.15, 0.2) is 47.1 Å². The highest BCUT2D eigenvalue weighted by atomic mass is 79.9. The first-order valence-corrected chi connectivity index (χ1v) is 6.41. The summed E-state index contributed by atoms with van der Waals surface area (Å²) in [6, 6.07) is 11.4. The predicted molar refractivity (Wildman–Crippen MR) is 75.4 cm³/mol. The highest BCUT2D eigenvalue weighted by Crippen LogP contribution is 2.17. The van der Waals surface area contributed by atoms with Gasteiger partial charge in [0.25, 0.3) is 0 Å². The largest absolute Gasteiger partial charge is 0.324 e. The molecule has 18 heavy (non-hydrogen) atoms. The first-order chi connectivity index (χ1) is 8.66. The number of benzene rings is 1. The molecule has 0 bridgehead atoms. The summed E-state index contributed by atoms with van der Waals surface area (Å²) in [4.78, 5) is 16.1. The number of rotatable bonds is 3. The second-order valence-electron chi connectivity index (χ2n) is 3.95. The number of anilines is 1. The molecule has 4 heteroatoms. The number of carbonyl (C=O) groups is 1. The standard InChI is InChI=1S/C14H13BrN2O/c1-10-13(7-4-8-16-10)17-14(18)9-11-5-2-3-6-12(11)15/h2-8H,9H2,1H3,(H,17,18). The van der Waals surface area contributed by atoms with Gasteiger partial charge in [-0.05, 0) is 30.7 Å². The predicted octanol–water partition coefficient (Wildman–Crippen LogP) is 3.33. The van der Waals surface area contributed by atoms with Gasteiger partial charge in [0.2, 0.25) is 5.91 Å². The highest BCUT2D eigenvalue weighted by Gasteiger charge is 2.08. The Labute approximate surface area is 114 Å². The van der Waals surface area contributed by atoms with Gasteiger partial charge in [-0.3, -0.25) is 9.78 Å². The van der Waals surface area contributed by atoms with Crippen molar-refractivity contribution in [1.29, 1.82) is 0 Å². The number of hydrogen-bond acceptors (Lipinski definition) is 2. The van der Waals surface area contributed by atoms with E-state index in [-0.39, 0.29) is 5.91 Å². The summed E-state index contributed by atoms with van der Waals surface area (Å²) >= 11 is 3.43. The van der Waals surface area contributed by atoms with Crippen molar-refractivity contribution >= 4 is 27.5 Å². The van der Waals surface area contributed by atoms with Crippen molar-refractivity contribution in [3.05, 3.63) is 58.3 Å². The van der Waals surface area contributed by atoms with Gasteiger partial charge in [0.15, 0.2) is 0 Å². The van der Waals surface area contributed by atoms with Crippen LogP contribution in [0.25, 0.3) is 0 Å². The first kappa shape index (κ1) is 12.8. The van der Waals surface area contributed by atoms with Crippen LogP contribution in [0.5, 0.6) is 0 Å². The third kappa shape index (κ3) is 3.17. The van der Waals surface area contributed by atoms with Crippen LogP contribution in [0.1, 0.15) is 11.3 Å². The van der Waals surface area contributed by atoms with E-state index in [0.29, 0.717) is 6.42 Å². The number of amides is 1. The van der Waals surface area contributed by atoms with Crippen LogP contribution in [0.3, 0.4) is 0 Å². The van der Waals surface area contributed by atoms with Crippen molar-refractivity contribution in [2.75, 3.05) is 5.32 Å². The average Bonchev–Trinajstić information content (AvgIpc) is 2.35. The quantitative estimate of drug-likeness (QED) is 0.945. The molecule has 0 unspecified atom stereocenters. The number of halogens is 1. The number of hydrogen-bond donors (Lipinski definition) is 1. The van der Waals surface area contributed by atoms with E-state index in [0.717, 1.165) is 21.4 Å². The molecular weight excluding hydrogens is 292 g/mol. The number of carbonyl (C=O) groups excluding carboxylic acids is 1. The normalized spacial score (nSPS) is 10.1. The fourth-order valence-corrected chi connectivity index (χ4v) is 2.05. The van der Waals surface area contributed by atoms with E-state index in [1.54, 1.807) is 12.3 Å². The van der Waals surface area contributed by atoms with Crippen molar-refractivity contribution in [2.24, 2.45) is 0 Å². The minimum atomic E-state index is -0.0435. The topological polar surface area (TPSA) is 42.0 Å². The van der Waals surface area contributed by atoms with Crippen molar-refractivity contribution in [2.45, 2.75) is 13.3 Å². The van der Waals surface area contributed by atoms with Crippen molar-refractivity contribution in [1.82, 2.24) is 4.98 Å². The Balaban J connectivity index is 2.06. The summed E-state index contributed by atoms with van der Waals surface area (Å²) in [7, 11) is 0. The SMILES string of the molecule is Cc1ncccc1NC(=O)Cc1ccccc1Br. The molecule has 92 valence electrons. The molecule has 0 fully saturated rings. The summed E-state index contributed by atoms with van der Waals surface area (Å²) in [5, 5.41) is 2.86. The van der Waals surface area contributed by atoms with Gasteiger partial charge in [0, 0.05) is 10.7 Å². The van der Waals surface area contributed by atoms with E-state index < -0.39 is 0 Å². The summed E-state index contributed by atoms with van der Waals surface area (Å²) in [6.07, 6.45) is 2.05. The number of nitrogens with one attached hydrogen (secondary N) is 1. The molecule has 0 saturated carbocycles. The van der Waals surface area contributed by atoms with Crippen LogP contribution < -0.4 is 5.32 Å². The van der Waals surface area contributed by atoms with Crippen LogP contribution in [-0.2, 0) is 11.2 Å². The molecule has 0 aliphatic rings. The maximum Gasteiger partial charge on any atom is 0.228 e. The van der Waals surface area contributed by atoms with Gasteiger partial charge >= 0.3 is 0 Å². The smallest absolute Gasteiger partial charge is 0.228 e. The number of nitrogens with zero attached hydrogens (tertiary/aromatic N) is 1. The lowest BCUT2D eigenvalue weighted by molar-refractivity contribution is -0.115. The van der Waals surface area contributed by atoms with E-state index in [2.05, 4.69) is 26.2 Å². The molecule has 0 aliphatic carbocycles. The lowest BCUT2D eigenvalue weighted by Gasteiger charge is -2.08. The molecule has 1 amide bonds. The number of aromatic nitrogens is 1. The molecule has 2 aromatic rings. The monoisotopic (exact) mass is 304 g/mol. The average molecular weight is 305 g/mol. The second-order valence-corrected chi connectivity index (χ2v) is 4.81. The van der Waals surface area contributed by atoms with E-state index >= 15 is 0 Å². The summed E-state index contributed by atoms with van der Waals surface area (Å²) in [5.74, 6) is -0.0435. The van der Waals surface area contributed by atoms with Gasteiger partial charge in [0.1, 0.15) is 0 Å². The molecule has 1 heterocycles. The summed E-state index contributed by atoms with van der Waals surface area (Å²) in [5.41, 5.74) is 2.55. The van der Waals surface area contributed by atoms with Crippen molar-refractivity contribution in [3.8, 4) is 0 Å². The molecule has 0 saturated heterocycles. The van der Waals surface area contributed by atoms with E-state index in [1.165, 1.54) is 0 Å². The molecular formula is C14H13BrN2O. The number of pyridine rings is 1. The zero-order valence-electron chi connectivity index (χ0n) is 9.98. The summed E-state index contributed by atoms with van der Waals surface area (Å²) < 4.78 is 0.947. The Morgan fingerprint density at radius 3 is 2.78 bits per heavy atom. The molecule has 0 atom stereocenters. The minimum absolute atomic E-state index is 0.0435. The highest BCUT2D eigenvalue weighted by molar-refractivity contribution is 9.10. The second kappa shape index (κ2) is 5.78. The van der Waals surface area contributed by atoms with E-state index in [1.807, 2.05) is 37.3 Å². The summed E-state index contributed by atoms with van der Waals surface area (Å²) in [6.45, 7) is 1.87. The van der Waals surface area contributed by atoms with Crippen LogP contribution in [0, 0.1) is 6.92 Å².